The fourth-order valence-electron chi connectivity index (χ4n) is 3.00. The lowest BCUT2D eigenvalue weighted by molar-refractivity contribution is -0.134. The maximum absolute atomic E-state index is 13.9. The highest BCUT2D eigenvalue weighted by Gasteiger charge is 2.32. The summed E-state index contributed by atoms with van der Waals surface area (Å²) in [6.45, 7) is 5.66. The van der Waals surface area contributed by atoms with Crippen molar-refractivity contribution in [3.63, 3.8) is 0 Å². The highest BCUT2D eigenvalue weighted by atomic mass is 32.2. The predicted molar refractivity (Wildman–Crippen MR) is 103 cm³/mol. The SMILES string of the molecule is CCNC(=O)CN(CC)CC(=O)N1CCN(S(=O)(=O)c2ccccc2F)CC1. The molecule has 1 aliphatic rings. The number of hydrogen-bond donors (Lipinski definition) is 1. The van der Waals surface area contributed by atoms with Crippen LogP contribution in [0.2, 0.25) is 0 Å². The van der Waals surface area contributed by atoms with E-state index in [1.54, 1.807) is 9.80 Å². The summed E-state index contributed by atoms with van der Waals surface area (Å²) in [5, 5.41) is 2.70. The molecule has 1 fully saturated rings. The quantitative estimate of drug-likeness (QED) is 0.653. The third-order valence-corrected chi connectivity index (χ3v) is 6.52. The summed E-state index contributed by atoms with van der Waals surface area (Å²) in [4.78, 5) is 27.2. The summed E-state index contributed by atoms with van der Waals surface area (Å²) < 4.78 is 40.3. The van der Waals surface area contributed by atoms with E-state index < -0.39 is 15.8 Å². The van der Waals surface area contributed by atoms with Crippen LogP contribution in [0.3, 0.4) is 0 Å². The lowest BCUT2D eigenvalue weighted by Crippen LogP contribution is -2.53. The number of sulfonamides is 1. The van der Waals surface area contributed by atoms with Gasteiger partial charge in [0.2, 0.25) is 21.8 Å². The third-order valence-electron chi connectivity index (χ3n) is 4.59. The maximum atomic E-state index is 13.9. The van der Waals surface area contributed by atoms with Crippen molar-refractivity contribution in [1.82, 2.24) is 19.4 Å². The zero-order valence-corrected chi connectivity index (χ0v) is 17.0. The van der Waals surface area contributed by atoms with Crippen molar-refractivity contribution in [3.05, 3.63) is 30.1 Å². The first-order chi connectivity index (χ1) is 13.3. The van der Waals surface area contributed by atoms with Crippen molar-refractivity contribution < 1.29 is 22.4 Å². The first kappa shape index (κ1) is 22.3. The summed E-state index contributed by atoms with van der Waals surface area (Å²) in [6, 6.07) is 5.26. The van der Waals surface area contributed by atoms with Crippen molar-refractivity contribution in [2.45, 2.75) is 18.7 Å². The van der Waals surface area contributed by atoms with Gasteiger partial charge in [-0.2, -0.15) is 4.31 Å². The van der Waals surface area contributed by atoms with E-state index in [-0.39, 0.29) is 56.0 Å². The molecule has 2 amide bonds. The first-order valence-corrected chi connectivity index (χ1v) is 10.7. The number of rotatable bonds is 8. The molecule has 0 saturated carbocycles. The van der Waals surface area contributed by atoms with Crippen molar-refractivity contribution in [2.24, 2.45) is 0 Å². The Labute approximate surface area is 165 Å². The van der Waals surface area contributed by atoms with E-state index in [2.05, 4.69) is 5.32 Å². The molecule has 0 bridgehead atoms. The number of nitrogens with one attached hydrogen (secondary N) is 1. The molecular formula is C18H27FN4O4S. The van der Waals surface area contributed by atoms with Crippen molar-refractivity contribution in [2.75, 3.05) is 52.4 Å². The molecule has 0 radical (unpaired) electrons. The van der Waals surface area contributed by atoms with Crippen LogP contribution >= 0.6 is 0 Å². The second kappa shape index (κ2) is 9.94. The minimum absolute atomic E-state index is 0.0910. The Morgan fingerprint density at radius 2 is 1.75 bits per heavy atom. The van der Waals surface area contributed by atoms with Crippen LogP contribution in [0.15, 0.2) is 29.2 Å². The van der Waals surface area contributed by atoms with Gasteiger partial charge in [-0.05, 0) is 25.6 Å². The number of hydrogen-bond acceptors (Lipinski definition) is 5. The average molecular weight is 415 g/mol. The van der Waals surface area contributed by atoms with Gasteiger partial charge in [0.1, 0.15) is 10.7 Å². The molecule has 1 aliphatic heterocycles. The molecule has 1 heterocycles. The summed E-state index contributed by atoms with van der Waals surface area (Å²) in [6.07, 6.45) is 0. The van der Waals surface area contributed by atoms with Gasteiger partial charge in [-0.25, -0.2) is 12.8 Å². The molecule has 28 heavy (non-hydrogen) atoms. The van der Waals surface area contributed by atoms with Gasteiger partial charge >= 0.3 is 0 Å². The van der Waals surface area contributed by atoms with E-state index in [1.807, 2.05) is 13.8 Å². The number of carbonyl (C=O) groups excluding carboxylic acids is 2. The van der Waals surface area contributed by atoms with E-state index in [9.17, 15) is 22.4 Å². The normalized spacial score (nSPS) is 15.6. The zero-order valence-electron chi connectivity index (χ0n) is 16.2. The number of likely N-dealkylation sites (N-methyl/N-ethyl adjacent to an activating group) is 2. The molecule has 0 aliphatic carbocycles. The minimum Gasteiger partial charge on any atom is -0.355 e. The molecule has 8 nitrogen and oxygen atoms in total. The van der Waals surface area contributed by atoms with Crippen LogP contribution in [0.25, 0.3) is 0 Å². The lowest BCUT2D eigenvalue weighted by Gasteiger charge is -2.35. The van der Waals surface area contributed by atoms with Crippen molar-refractivity contribution >= 4 is 21.8 Å². The first-order valence-electron chi connectivity index (χ1n) is 9.31. The smallest absolute Gasteiger partial charge is 0.246 e. The van der Waals surface area contributed by atoms with Gasteiger partial charge in [0, 0.05) is 32.7 Å². The molecule has 1 aromatic rings. The van der Waals surface area contributed by atoms with Crippen molar-refractivity contribution in [3.8, 4) is 0 Å². The Hall–Kier alpha value is -2.04. The van der Waals surface area contributed by atoms with Crippen LogP contribution in [-0.4, -0.2) is 86.7 Å². The monoisotopic (exact) mass is 414 g/mol. The highest BCUT2D eigenvalue weighted by Crippen LogP contribution is 2.20. The van der Waals surface area contributed by atoms with Gasteiger partial charge in [-0.1, -0.05) is 19.1 Å². The van der Waals surface area contributed by atoms with E-state index in [4.69, 9.17) is 0 Å². The molecule has 0 unspecified atom stereocenters. The molecule has 0 atom stereocenters. The minimum atomic E-state index is -3.93. The number of piperazine rings is 1. The summed E-state index contributed by atoms with van der Waals surface area (Å²) in [5.74, 6) is -1.09. The zero-order chi connectivity index (χ0) is 20.7. The average Bonchev–Trinajstić information content (AvgIpc) is 2.67. The van der Waals surface area contributed by atoms with Gasteiger partial charge < -0.3 is 10.2 Å². The molecule has 1 aromatic carbocycles. The molecule has 10 heteroatoms. The topological polar surface area (TPSA) is 90.0 Å². The Balaban J connectivity index is 1.93. The Morgan fingerprint density at radius 3 is 2.32 bits per heavy atom. The predicted octanol–water partition coefficient (Wildman–Crippen LogP) is 0.117. The van der Waals surface area contributed by atoms with Crippen LogP contribution in [0.1, 0.15) is 13.8 Å². The Bertz CT molecular complexity index is 795. The van der Waals surface area contributed by atoms with Crippen LogP contribution in [-0.2, 0) is 19.6 Å². The molecule has 2 rings (SSSR count). The largest absolute Gasteiger partial charge is 0.355 e. The van der Waals surface area contributed by atoms with Crippen LogP contribution in [0.5, 0.6) is 0 Å². The van der Waals surface area contributed by atoms with E-state index in [0.29, 0.717) is 13.1 Å². The van der Waals surface area contributed by atoms with Gasteiger partial charge in [-0.3, -0.25) is 14.5 Å². The van der Waals surface area contributed by atoms with Gasteiger partial charge in [0.25, 0.3) is 0 Å². The summed E-state index contributed by atoms with van der Waals surface area (Å²) in [5.41, 5.74) is 0. The maximum Gasteiger partial charge on any atom is 0.246 e. The molecular weight excluding hydrogens is 387 g/mol. The molecule has 1 N–H and O–H groups in total. The fourth-order valence-corrected chi connectivity index (χ4v) is 4.49. The van der Waals surface area contributed by atoms with Crippen molar-refractivity contribution in [1.29, 1.82) is 0 Å². The number of nitrogens with zero attached hydrogens (tertiary/aromatic N) is 3. The molecule has 156 valence electrons. The third kappa shape index (κ3) is 5.49. The van der Waals surface area contributed by atoms with E-state index in [1.165, 1.54) is 22.5 Å². The highest BCUT2D eigenvalue weighted by molar-refractivity contribution is 7.89. The molecule has 1 saturated heterocycles. The second-order valence-electron chi connectivity index (χ2n) is 6.47. The fraction of sp³-hybridized carbons (Fsp3) is 0.556. The molecule has 0 aromatic heterocycles. The number of carbonyl (C=O) groups is 2. The lowest BCUT2D eigenvalue weighted by atomic mass is 10.3. The number of amides is 2. The second-order valence-corrected chi connectivity index (χ2v) is 8.38. The Morgan fingerprint density at radius 1 is 1.11 bits per heavy atom. The Kier molecular flexibility index (Phi) is 7.90. The van der Waals surface area contributed by atoms with Gasteiger partial charge in [-0.15, -0.1) is 0 Å². The van der Waals surface area contributed by atoms with Crippen LogP contribution < -0.4 is 5.32 Å². The van der Waals surface area contributed by atoms with Crippen LogP contribution in [0, 0.1) is 5.82 Å². The number of halogens is 1. The van der Waals surface area contributed by atoms with Gasteiger partial charge in [0.05, 0.1) is 13.1 Å². The molecule has 0 spiro atoms. The van der Waals surface area contributed by atoms with E-state index in [0.717, 1.165) is 6.07 Å². The standard InChI is InChI=1S/C18H27FN4O4S/c1-3-20-17(24)13-21(4-2)14-18(25)22-9-11-23(12-10-22)28(26,27)16-8-6-5-7-15(16)19/h5-8H,3-4,9-14H2,1-2H3,(H,20,24). The summed E-state index contributed by atoms with van der Waals surface area (Å²) in [7, 11) is -3.93. The van der Waals surface area contributed by atoms with Gasteiger partial charge in [0.15, 0.2) is 0 Å². The summed E-state index contributed by atoms with van der Waals surface area (Å²) >= 11 is 0. The number of benzene rings is 1. The van der Waals surface area contributed by atoms with Crippen LogP contribution in [0.4, 0.5) is 4.39 Å². The van der Waals surface area contributed by atoms with E-state index >= 15 is 0 Å².